The van der Waals surface area contributed by atoms with Gasteiger partial charge in [-0.2, -0.15) is 39.5 Å². The lowest BCUT2D eigenvalue weighted by molar-refractivity contribution is -0.396. The Hall–Kier alpha value is -1.16. The Bertz CT molecular complexity index is 435. The quantitative estimate of drug-likeness (QED) is 0.328. The second-order valence-corrected chi connectivity index (χ2v) is 5.97. The molecule has 26 heavy (non-hydrogen) atoms. The van der Waals surface area contributed by atoms with Crippen molar-refractivity contribution in [2.45, 2.75) is 82.2 Å². The molecule has 0 saturated heterocycles. The third-order valence-corrected chi connectivity index (χ3v) is 3.71. The molecule has 11 heteroatoms. The first-order valence-corrected chi connectivity index (χ1v) is 8.17. The van der Waals surface area contributed by atoms with E-state index >= 15 is 0 Å². The van der Waals surface area contributed by atoms with E-state index in [4.69, 9.17) is 0 Å². The van der Waals surface area contributed by atoms with Gasteiger partial charge in [0.05, 0.1) is 0 Å². The molecule has 0 aromatic carbocycles. The summed E-state index contributed by atoms with van der Waals surface area (Å²) in [6.45, 7) is 1.47. The molecule has 156 valence electrons. The maximum atomic E-state index is 13.2. The number of halogens is 9. The summed E-state index contributed by atoms with van der Waals surface area (Å²) in [6.07, 6.45) is -5.31. The van der Waals surface area contributed by atoms with Gasteiger partial charge in [0.2, 0.25) is 5.91 Å². The van der Waals surface area contributed by atoms with Gasteiger partial charge in [-0.1, -0.05) is 32.6 Å². The second-order valence-electron chi connectivity index (χ2n) is 5.97. The molecule has 0 aliphatic carbocycles. The fourth-order valence-electron chi connectivity index (χ4n) is 2.08. The Balaban J connectivity index is 4.38. The molecule has 1 amide bonds. The van der Waals surface area contributed by atoms with Crippen LogP contribution in [0.3, 0.4) is 0 Å². The van der Waals surface area contributed by atoms with E-state index < -0.39 is 49.2 Å². The highest BCUT2D eigenvalue weighted by Crippen LogP contribution is 2.54. The van der Waals surface area contributed by atoms with Gasteiger partial charge >= 0.3 is 23.9 Å². The van der Waals surface area contributed by atoms with Crippen LogP contribution in [-0.4, -0.2) is 36.4 Å². The predicted molar refractivity (Wildman–Crippen MR) is 76.5 cm³/mol. The van der Waals surface area contributed by atoms with Gasteiger partial charge in [0.15, 0.2) is 0 Å². The molecule has 0 rings (SSSR count). The zero-order valence-electron chi connectivity index (χ0n) is 14.2. The monoisotopic (exact) mass is 403 g/mol. The van der Waals surface area contributed by atoms with E-state index in [0.29, 0.717) is 6.42 Å². The first-order valence-electron chi connectivity index (χ1n) is 8.17. The number of carbonyl (C=O) groups is 1. The average molecular weight is 403 g/mol. The lowest BCUT2D eigenvalue weighted by Gasteiger charge is -2.33. The van der Waals surface area contributed by atoms with E-state index in [1.807, 2.05) is 6.92 Å². The molecule has 0 spiro atoms. The molecule has 0 aliphatic rings. The van der Waals surface area contributed by atoms with Gasteiger partial charge in [0.25, 0.3) is 0 Å². The maximum Gasteiger partial charge on any atom is 0.460 e. The highest BCUT2D eigenvalue weighted by molar-refractivity contribution is 5.75. The summed E-state index contributed by atoms with van der Waals surface area (Å²) in [4.78, 5) is 11.4. The van der Waals surface area contributed by atoms with Crippen molar-refractivity contribution in [2.75, 3.05) is 6.54 Å². The summed E-state index contributed by atoms with van der Waals surface area (Å²) >= 11 is 0. The van der Waals surface area contributed by atoms with Crippen LogP contribution in [0.2, 0.25) is 0 Å². The van der Waals surface area contributed by atoms with Gasteiger partial charge < -0.3 is 5.32 Å². The highest BCUT2D eigenvalue weighted by Gasteiger charge is 2.81. The minimum Gasteiger partial charge on any atom is -0.356 e. The van der Waals surface area contributed by atoms with Crippen molar-refractivity contribution in [1.82, 2.24) is 5.32 Å². The first-order chi connectivity index (χ1) is 11.7. The van der Waals surface area contributed by atoms with Gasteiger partial charge in [-0.25, -0.2) is 0 Å². The lowest BCUT2D eigenvalue weighted by atomic mass is 9.99. The molecule has 0 fully saturated rings. The fraction of sp³-hybridized carbons (Fsp3) is 0.933. The molecule has 0 aliphatic heterocycles. The third kappa shape index (κ3) is 6.53. The van der Waals surface area contributed by atoms with Crippen molar-refractivity contribution in [3.63, 3.8) is 0 Å². The van der Waals surface area contributed by atoms with Crippen molar-refractivity contribution in [3.8, 4) is 0 Å². The number of hydrogen-bond donors (Lipinski definition) is 1. The molecule has 1 N–H and O–H groups in total. The van der Waals surface area contributed by atoms with Crippen molar-refractivity contribution >= 4 is 5.91 Å². The summed E-state index contributed by atoms with van der Waals surface area (Å²) in [7, 11) is 0. The normalized spacial score (nSPS) is 13.8. The zero-order valence-corrected chi connectivity index (χ0v) is 14.2. The second kappa shape index (κ2) is 9.68. The molecule has 0 unspecified atom stereocenters. The smallest absolute Gasteiger partial charge is 0.356 e. The van der Waals surface area contributed by atoms with Crippen LogP contribution >= 0.6 is 0 Å². The van der Waals surface area contributed by atoms with E-state index in [1.165, 1.54) is 0 Å². The van der Waals surface area contributed by atoms with Crippen LogP contribution in [0.5, 0.6) is 0 Å². The predicted octanol–water partition coefficient (Wildman–Crippen LogP) is 5.71. The van der Waals surface area contributed by atoms with Crippen LogP contribution in [0.15, 0.2) is 0 Å². The van der Waals surface area contributed by atoms with Gasteiger partial charge in [-0.15, -0.1) is 0 Å². The van der Waals surface area contributed by atoms with Crippen LogP contribution in [-0.2, 0) is 4.79 Å². The number of alkyl halides is 9. The Kier molecular flexibility index (Phi) is 9.25. The zero-order chi connectivity index (χ0) is 20.6. The average Bonchev–Trinajstić information content (AvgIpc) is 2.50. The number of amides is 1. The molecule has 0 heterocycles. The molecular formula is C15H22F9NO. The van der Waals surface area contributed by atoms with Crippen molar-refractivity contribution in [2.24, 2.45) is 0 Å². The fourth-order valence-corrected chi connectivity index (χ4v) is 2.08. The summed E-state index contributed by atoms with van der Waals surface area (Å²) in [5, 5.41) is 2.14. The Labute approximate surface area is 145 Å². The van der Waals surface area contributed by atoms with Crippen molar-refractivity contribution in [3.05, 3.63) is 0 Å². The van der Waals surface area contributed by atoms with E-state index in [9.17, 15) is 44.3 Å². The minimum atomic E-state index is -6.87. The van der Waals surface area contributed by atoms with E-state index in [-0.39, 0.29) is 6.42 Å². The van der Waals surface area contributed by atoms with Crippen LogP contribution in [0.1, 0.15) is 58.3 Å². The van der Waals surface area contributed by atoms with E-state index in [0.717, 1.165) is 25.7 Å². The van der Waals surface area contributed by atoms with Crippen molar-refractivity contribution in [1.29, 1.82) is 0 Å². The summed E-state index contributed by atoms with van der Waals surface area (Å²) in [6, 6.07) is 0. The minimum absolute atomic E-state index is 0.0857. The van der Waals surface area contributed by atoms with Gasteiger partial charge in [0, 0.05) is 19.4 Å². The molecule has 0 aromatic heterocycles. The molecular weight excluding hydrogens is 381 g/mol. The van der Waals surface area contributed by atoms with E-state index in [2.05, 4.69) is 5.32 Å². The lowest BCUT2D eigenvalue weighted by Crippen LogP contribution is -2.60. The summed E-state index contributed by atoms with van der Waals surface area (Å²) in [5.41, 5.74) is 0. The summed E-state index contributed by atoms with van der Waals surface area (Å²) in [5.74, 6) is -19.6. The number of rotatable bonds is 12. The Morgan fingerprint density at radius 2 is 1.31 bits per heavy atom. The molecule has 0 bridgehead atoms. The Morgan fingerprint density at radius 1 is 0.769 bits per heavy atom. The Morgan fingerprint density at radius 3 is 1.81 bits per heavy atom. The third-order valence-electron chi connectivity index (χ3n) is 3.71. The number of nitrogens with one attached hydrogen (secondary N) is 1. The first kappa shape index (κ1) is 24.8. The van der Waals surface area contributed by atoms with Crippen LogP contribution in [0, 0.1) is 0 Å². The topological polar surface area (TPSA) is 29.1 Å². The SMILES string of the molecule is CCCCCCCC(=O)NCCCC(F)(F)C(F)(F)C(F)(F)C(F)(F)F. The molecule has 0 aromatic rings. The molecule has 0 atom stereocenters. The van der Waals surface area contributed by atoms with Crippen LogP contribution in [0.25, 0.3) is 0 Å². The standard InChI is InChI=1S/C15H22F9NO/c1-2-3-4-5-6-8-11(26)25-10-7-9-12(16,17)13(18,19)14(20,21)15(22,23)24/h2-10H2,1H3,(H,25,26). The maximum absolute atomic E-state index is 13.2. The molecule has 0 radical (unpaired) electrons. The number of hydrogen-bond acceptors (Lipinski definition) is 1. The molecule has 2 nitrogen and oxygen atoms in total. The largest absolute Gasteiger partial charge is 0.460 e. The summed E-state index contributed by atoms with van der Waals surface area (Å²) < 4.78 is 114. The van der Waals surface area contributed by atoms with E-state index in [1.54, 1.807) is 0 Å². The van der Waals surface area contributed by atoms with Gasteiger partial charge in [-0.05, 0) is 12.8 Å². The van der Waals surface area contributed by atoms with Crippen molar-refractivity contribution < 1.29 is 44.3 Å². The van der Waals surface area contributed by atoms with Gasteiger partial charge in [0.1, 0.15) is 0 Å². The molecule has 0 saturated carbocycles. The number of unbranched alkanes of at least 4 members (excludes halogenated alkanes) is 4. The highest BCUT2D eigenvalue weighted by atomic mass is 19.4. The van der Waals surface area contributed by atoms with Crippen LogP contribution < -0.4 is 5.32 Å². The van der Waals surface area contributed by atoms with Gasteiger partial charge in [-0.3, -0.25) is 4.79 Å². The van der Waals surface area contributed by atoms with Crippen LogP contribution in [0.4, 0.5) is 39.5 Å². The number of carbonyl (C=O) groups excluding carboxylic acids is 1.